The van der Waals surface area contributed by atoms with E-state index >= 15 is 0 Å². The van der Waals surface area contributed by atoms with Gasteiger partial charge in [0.1, 0.15) is 5.82 Å². The second-order valence-corrected chi connectivity index (χ2v) is 7.59. The molecule has 2 aromatic carbocycles. The van der Waals surface area contributed by atoms with Crippen molar-refractivity contribution >= 4 is 40.4 Å². The lowest BCUT2D eigenvalue weighted by atomic mass is 10.1. The van der Waals surface area contributed by atoms with Gasteiger partial charge in [-0.2, -0.15) is 4.99 Å². The molecular formula is C19H15Cl2FN2OS. The number of rotatable bonds is 3. The van der Waals surface area contributed by atoms with Gasteiger partial charge in [-0.15, -0.1) is 11.3 Å². The van der Waals surface area contributed by atoms with Gasteiger partial charge in [0.15, 0.2) is 4.80 Å². The predicted octanol–water partition coefficient (Wildman–Crippen LogP) is 5.73. The van der Waals surface area contributed by atoms with E-state index in [9.17, 15) is 9.18 Å². The summed E-state index contributed by atoms with van der Waals surface area (Å²) in [4.78, 5) is 18.2. The first-order valence-corrected chi connectivity index (χ1v) is 9.48. The summed E-state index contributed by atoms with van der Waals surface area (Å²) in [5, 5.41) is 0.948. The third kappa shape index (κ3) is 3.75. The highest BCUT2D eigenvalue weighted by molar-refractivity contribution is 7.09. The average molecular weight is 409 g/mol. The van der Waals surface area contributed by atoms with E-state index in [-0.39, 0.29) is 5.56 Å². The van der Waals surface area contributed by atoms with Crippen LogP contribution in [0.2, 0.25) is 10.0 Å². The van der Waals surface area contributed by atoms with Crippen molar-refractivity contribution in [3.8, 4) is 11.3 Å². The van der Waals surface area contributed by atoms with Gasteiger partial charge in [0.25, 0.3) is 5.91 Å². The Morgan fingerprint density at radius 3 is 2.62 bits per heavy atom. The molecule has 1 aromatic heterocycles. The fourth-order valence-corrected chi connectivity index (χ4v) is 4.03. The normalized spacial score (nSPS) is 11.8. The lowest BCUT2D eigenvalue weighted by Crippen LogP contribution is -2.17. The molecule has 0 unspecified atom stereocenters. The number of nitrogens with zero attached hydrogens (tertiary/aromatic N) is 2. The van der Waals surface area contributed by atoms with Crippen molar-refractivity contribution in [2.45, 2.75) is 20.4 Å². The Hall–Kier alpha value is -1.95. The molecule has 134 valence electrons. The van der Waals surface area contributed by atoms with E-state index in [4.69, 9.17) is 23.2 Å². The molecular weight excluding hydrogens is 394 g/mol. The number of carbonyl (C=O) groups is 1. The smallest absolute Gasteiger partial charge is 0.279 e. The number of thiazole rings is 1. The molecule has 26 heavy (non-hydrogen) atoms. The molecule has 0 N–H and O–H groups in total. The zero-order valence-electron chi connectivity index (χ0n) is 14.1. The number of benzene rings is 2. The summed E-state index contributed by atoms with van der Waals surface area (Å²) in [6.45, 7) is 4.55. The second kappa shape index (κ2) is 7.74. The monoisotopic (exact) mass is 408 g/mol. The summed E-state index contributed by atoms with van der Waals surface area (Å²) in [7, 11) is 0. The Morgan fingerprint density at radius 1 is 1.19 bits per heavy atom. The van der Waals surface area contributed by atoms with Crippen molar-refractivity contribution in [2.24, 2.45) is 4.99 Å². The summed E-state index contributed by atoms with van der Waals surface area (Å²) < 4.78 is 15.3. The standard InChI is InChI=1S/C19H15Cl2FN2OS/c1-3-24-17(12-7-8-15(20)16(21)10-12)11(2)26-19(24)23-18(25)13-5-4-6-14(22)9-13/h4-10H,3H2,1-2H3. The minimum Gasteiger partial charge on any atom is -0.316 e. The van der Waals surface area contributed by atoms with E-state index in [2.05, 4.69) is 4.99 Å². The summed E-state index contributed by atoms with van der Waals surface area (Å²) in [5.74, 6) is -0.943. The molecule has 0 atom stereocenters. The van der Waals surface area contributed by atoms with Crippen LogP contribution in [0.15, 0.2) is 47.5 Å². The number of hydrogen-bond acceptors (Lipinski definition) is 2. The minimum atomic E-state index is -0.478. The molecule has 0 aliphatic rings. The lowest BCUT2D eigenvalue weighted by Gasteiger charge is -2.08. The Morgan fingerprint density at radius 2 is 1.96 bits per heavy atom. The van der Waals surface area contributed by atoms with Crippen LogP contribution in [0.5, 0.6) is 0 Å². The van der Waals surface area contributed by atoms with Gasteiger partial charge in [-0.1, -0.05) is 35.3 Å². The van der Waals surface area contributed by atoms with Gasteiger partial charge in [-0.05, 0) is 44.2 Å². The third-order valence-electron chi connectivity index (χ3n) is 3.86. The third-order valence-corrected chi connectivity index (χ3v) is 5.59. The first kappa shape index (κ1) is 18.8. The largest absolute Gasteiger partial charge is 0.316 e. The van der Waals surface area contributed by atoms with Crippen LogP contribution in [0, 0.1) is 12.7 Å². The van der Waals surface area contributed by atoms with Crippen molar-refractivity contribution < 1.29 is 9.18 Å². The molecule has 3 nitrogen and oxygen atoms in total. The van der Waals surface area contributed by atoms with Gasteiger partial charge in [-0.25, -0.2) is 4.39 Å². The first-order chi connectivity index (χ1) is 12.4. The molecule has 0 aliphatic heterocycles. The Kier molecular flexibility index (Phi) is 5.61. The van der Waals surface area contributed by atoms with Crippen LogP contribution in [0.3, 0.4) is 0 Å². The highest BCUT2D eigenvalue weighted by Gasteiger charge is 2.14. The van der Waals surface area contributed by atoms with Crippen LogP contribution in [0.4, 0.5) is 4.39 Å². The van der Waals surface area contributed by atoms with Gasteiger partial charge >= 0.3 is 0 Å². The molecule has 0 bridgehead atoms. The van der Waals surface area contributed by atoms with E-state index in [0.29, 0.717) is 21.4 Å². The van der Waals surface area contributed by atoms with Crippen molar-refractivity contribution in [2.75, 3.05) is 0 Å². The lowest BCUT2D eigenvalue weighted by molar-refractivity contribution is 0.0997. The molecule has 1 heterocycles. The van der Waals surface area contributed by atoms with Crippen molar-refractivity contribution in [1.29, 1.82) is 0 Å². The van der Waals surface area contributed by atoms with E-state index in [1.54, 1.807) is 18.2 Å². The van der Waals surface area contributed by atoms with E-state index in [1.165, 1.54) is 29.5 Å². The molecule has 1 amide bonds. The highest BCUT2D eigenvalue weighted by atomic mass is 35.5. The number of carbonyl (C=O) groups excluding carboxylic acids is 1. The van der Waals surface area contributed by atoms with Crippen LogP contribution < -0.4 is 4.80 Å². The van der Waals surface area contributed by atoms with Crippen molar-refractivity contribution in [3.63, 3.8) is 0 Å². The Bertz CT molecular complexity index is 1060. The van der Waals surface area contributed by atoms with Crippen LogP contribution in [0.25, 0.3) is 11.3 Å². The summed E-state index contributed by atoms with van der Waals surface area (Å²) >= 11 is 13.6. The van der Waals surface area contributed by atoms with Gasteiger partial charge in [-0.3, -0.25) is 4.79 Å². The quantitative estimate of drug-likeness (QED) is 0.544. The maximum absolute atomic E-state index is 13.4. The summed E-state index contributed by atoms with van der Waals surface area (Å²) in [6.07, 6.45) is 0. The van der Waals surface area contributed by atoms with Gasteiger partial charge in [0.05, 0.1) is 15.7 Å². The maximum Gasteiger partial charge on any atom is 0.279 e. The number of aromatic nitrogens is 1. The van der Waals surface area contributed by atoms with Crippen LogP contribution in [-0.2, 0) is 6.54 Å². The van der Waals surface area contributed by atoms with Gasteiger partial charge in [0.2, 0.25) is 0 Å². The highest BCUT2D eigenvalue weighted by Crippen LogP contribution is 2.31. The molecule has 0 fully saturated rings. The van der Waals surface area contributed by atoms with Crippen LogP contribution in [-0.4, -0.2) is 10.5 Å². The molecule has 0 saturated heterocycles. The molecule has 0 spiro atoms. The minimum absolute atomic E-state index is 0.217. The first-order valence-electron chi connectivity index (χ1n) is 7.91. The number of amides is 1. The van der Waals surface area contributed by atoms with Gasteiger partial charge in [0, 0.05) is 22.5 Å². The average Bonchev–Trinajstić information content (AvgIpc) is 2.92. The fraction of sp³-hybridized carbons (Fsp3) is 0.158. The fourth-order valence-electron chi connectivity index (χ4n) is 2.68. The number of halogens is 3. The number of aryl methyl sites for hydroxylation is 1. The molecule has 0 aliphatic carbocycles. The van der Waals surface area contributed by atoms with E-state index in [1.807, 2.05) is 24.5 Å². The molecule has 3 rings (SSSR count). The molecule has 0 radical (unpaired) electrons. The molecule has 0 saturated carbocycles. The molecule has 3 aromatic rings. The summed E-state index contributed by atoms with van der Waals surface area (Å²) in [6, 6.07) is 10.9. The SMILES string of the molecule is CCn1c(-c2ccc(Cl)c(Cl)c2)c(C)sc1=NC(=O)c1cccc(F)c1. The number of hydrogen-bond donors (Lipinski definition) is 0. The summed E-state index contributed by atoms with van der Waals surface area (Å²) in [5.41, 5.74) is 2.05. The maximum atomic E-state index is 13.4. The van der Waals surface area contributed by atoms with E-state index in [0.717, 1.165) is 16.1 Å². The zero-order valence-corrected chi connectivity index (χ0v) is 16.4. The Labute approximate surface area is 164 Å². The molecule has 7 heteroatoms. The second-order valence-electron chi connectivity index (χ2n) is 5.59. The Balaban J connectivity index is 2.12. The van der Waals surface area contributed by atoms with Crippen LogP contribution >= 0.6 is 34.5 Å². The zero-order chi connectivity index (χ0) is 18.8. The predicted molar refractivity (Wildman–Crippen MR) is 104 cm³/mol. The van der Waals surface area contributed by atoms with Crippen molar-refractivity contribution in [1.82, 2.24) is 4.57 Å². The van der Waals surface area contributed by atoms with Crippen molar-refractivity contribution in [3.05, 3.63) is 73.6 Å². The van der Waals surface area contributed by atoms with Gasteiger partial charge < -0.3 is 4.57 Å². The topological polar surface area (TPSA) is 34.4 Å². The van der Waals surface area contributed by atoms with Crippen LogP contribution in [0.1, 0.15) is 22.2 Å². The van der Waals surface area contributed by atoms with E-state index < -0.39 is 11.7 Å².